The highest BCUT2D eigenvalue weighted by molar-refractivity contribution is 7.07. The lowest BCUT2D eigenvalue weighted by Crippen LogP contribution is -2.40. The molecular weight excluding hydrogens is 546 g/mol. The number of fused-ring (bicyclic) bond motifs is 1. The first kappa shape index (κ1) is 27.5. The molecule has 1 aromatic heterocycles. The van der Waals surface area contributed by atoms with Gasteiger partial charge in [0.1, 0.15) is 0 Å². The van der Waals surface area contributed by atoms with E-state index in [2.05, 4.69) is 0 Å². The van der Waals surface area contributed by atoms with Gasteiger partial charge in [-0.15, -0.1) is 0 Å². The van der Waals surface area contributed by atoms with Gasteiger partial charge in [0.05, 0.1) is 47.6 Å². The highest BCUT2D eigenvalue weighted by atomic mass is 32.1. The van der Waals surface area contributed by atoms with Gasteiger partial charge in [-0.2, -0.15) is 0 Å². The van der Waals surface area contributed by atoms with Crippen LogP contribution in [0.15, 0.2) is 88.2 Å². The van der Waals surface area contributed by atoms with E-state index >= 15 is 0 Å². The maximum atomic E-state index is 14.0. The first-order chi connectivity index (χ1) is 19.9. The van der Waals surface area contributed by atoms with E-state index < -0.39 is 16.9 Å². The Morgan fingerprint density at radius 1 is 1.05 bits per heavy atom. The Labute approximate surface area is 238 Å². The zero-order valence-electron chi connectivity index (χ0n) is 22.4. The monoisotopic (exact) mass is 571 g/mol. The summed E-state index contributed by atoms with van der Waals surface area (Å²) in [7, 11) is 3.03. The minimum Gasteiger partial charge on any atom is -0.493 e. The number of benzene rings is 3. The normalized spacial score (nSPS) is 14.7. The molecule has 5 rings (SSSR count). The third kappa shape index (κ3) is 5.27. The third-order valence-electron chi connectivity index (χ3n) is 6.50. The summed E-state index contributed by atoms with van der Waals surface area (Å²) in [5, 5.41) is 11.1. The zero-order valence-corrected chi connectivity index (χ0v) is 23.2. The van der Waals surface area contributed by atoms with Crippen LogP contribution in [0.25, 0.3) is 11.8 Å². The molecule has 1 aliphatic heterocycles. The van der Waals surface area contributed by atoms with Crippen molar-refractivity contribution in [1.29, 1.82) is 0 Å². The standard InChI is InChI=1S/C30H25N3O7S/c1-4-40-29(35)25-26(19-8-6-5-7-9-19)31-30-32(27(25)20-12-15-22(38-2)23(17-20)39-3)28(34)24(41-30)16-18-10-13-21(14-11-18)33(36)37/h5-17,27H,4H2,1-3H3/b24-16-/t27-/m0/s1. The van der Waals surface area contributed by atoms with Gasteiger partial charge in [-0.1, -0.05) is 47.7 Å². The Balaban J connectivity index is 1.81. The Morgan fingerprint density at radius 3 is 2.39 bits per heavy atom. The summed E-state index contributed by atoms with van der Waals surface area (Å²) in [6.45, 7) is 1.85. The van der Waals surface area contributed by atoms with Crippen molar-refractivity contribution in [3.05, 3.63) is 125 Å². The number of hydrogen-bond acceptors (Lipinski definition) is 9. The van der Waals surface area contributed by atoms with Crippen molar-refractivity contribution < 1.29 is 23.9 Å². The van der Waals surface area contributed by atoms with E-state index in [-0.39, 0.29) is 23.4 Å². The zero-order chi connectivity index (χ0) is 29.1. The quantitative estimate of drug-likeness (QED) is 0.179. The Hall–Kier alpha value is -5.03. The van der Waals surface area contributed by atoms with Crippen molar-refractivity contribution in [2.24, 2.45) is 4.99 Å². The Kier molecular flexibility index (Phi) is 7.79. The molecule has 11 heteroatoms. The molecule has 0 N–H and O–H groups in total. The number of nitrogens with zero attached hydrogens (tertiary/aromatic N) is 3. The maximum absolute atomic E-state index is 14.0. The van der Waals surface area contributed by atoms with Crippen molar-refractivity contribution >= 4 is 34.8 Å². The van der Waals surface area contributed by atoms with E-state index in [1.165, 1.54) is 30.9 Å². The molecule has 1 aliphatic rings. The number of carbonyl (C=O) groups is 1. The van der Waals surface area contributed by atoms with Crippen molar-refractivity contribution in [3.8, 4) is 11.5 Å². The van der Waals surface area contributed by atoms with Crippen molar-refractivity contribution in [1.82, 2.24) is 4.57 Å². The lowest BCUT2D eigenvalue weighted by molar-refractivity contribution is -0.384. The molecule has 0 spiro atoms. The number of methoxy groups -OCH3 is 2. The highest BCUT2D eigenvalue weighted by Crippen LogP contribution is 2.38. The molecule has 2 heterocycles. The molecule has 0 fully saturated rings. The SMILES string of the molecule is CCOC(=O)C1=C(c2ccccc2)N=c2s/c(=C\c3ccc([N+](=O)[O-])cc3)c(=O)n2[C@H]1c1ccc(OC)c(OC)c1. The topological polar surface area (TPSA) is 122 Å². The number of ether oxygens (including phenoxy) is 3. The molecule has 10 nitrogen and oxygen atoms in total. The largest absolute Gasteiger partial charge is 0.493 e. The van der Waals surface area contributed by atoms with E-state index in [9.17, 15) is 19.7 Å². The number of non-ortho nitro benzene ring substituents is 1. The second kappa shape index (κ2) is 11.6. The average molecular weight is 572 g/mol. The fourth-order valence-electron chi connectivity index (χ4n) is 4.62. The molecule has 208 valence electrons. The molecule has 1 atom stereocenters. The van der Waals surface area contributed by atoms with Crippen molar-refractivity contribution in [2.75, 3.05) is 20.8 Å². The van der Waals surface area contributed by atoms with Gasteiger partial charge in [-0.05, 0) is 48.4 Å². The molecule has 0 bridgehead atoms. The number of rotatable bonds is 8. The number of esters is 1. The molecule has 0 radical (unpaired) electrons. The number of nitro benzene ring substituents is 1. The van der Waals surface area contributed by atoms with Crippen LogP contribution in [-0.2, 0) is 9.53 Å². The van der Waals surface area contributed by atoms with Crippen LogP contribution in [-0.4, -0.2) is 36.3 Å². The average Bonchev–Trinajstić information content (AvgIpc) is 3.30. The van der Waals surface area contributed by atoms with Gasteiger partial charge in [0.15, 0.2) is 16.3 Å². The summed E-state index contributed by atoms with van der Waals surface area (Å²) in [5.74, 6) is 0.325. The van der Waals surface area contributed by atoms with Crippen molar-refractivity contribution in [3.63, 3.8) is 0 Å². The van der Waals surface area contributed by atoms with Crippen LogP contribution >= 0.6 is 11.3 Å². The van der Waals surface area contributed by atoms with E-state index in [0.29, 0.717) is 43.2 Å². The van der Waals surface area contributed by atoms with E-state index in [4.69, 9.17) is 19.2 Å². The highest BCUT2D eigenvalue weighted by Gasteiger charge is 2.35. The first-order valence-corrected chi connectivity index (χ1v) is 13.4. The molecular formula is C30H25N3O7S. The number of carbonyl (C=O) groups excluding carboxylic acids is 1. The van der Waals surface area contributed by atoms with E-state index in [1.54, 1.807) is 43.3 Å². The van der Waals surface area contributed by atoms with Gasteiger partial charge in [0, 0.05) is 17.7 Å². The summed E-state index contributed by atoms with van der Waals surface area (Å²) < 4.78 is 18.2. The van der Waals surface area contributed by atoms with Crippen LogP contribution in [0.2, 0.25) is 0 Å². The number of thiazole rings is 1. The van der Waals surface area contributed by atoms with Crippen LogP contribution in [0, 0.1) is 10.1 Å². The van der Waals surface area contributed by atoms with E-state index in [0.717, 1.165) is 11.3 Å². The van der Waals surface area contributed by atoms with Crippen LogP contribution in [0.1, 0.15) is 29.7 Å². The number of aromatic nitrogens is 1. The van der Waals surface area contributed by atoms with Gasteiger partial charge >= 0.3 is 5.97 Å². The van der Waals surface area contributed by atoms with Gasteiger partial charge in [0.25, 0.3) is 11.2 Å². The second-order valence-corrected chi connectivity index (χ2v) is 9.90. The smallest absolute Gasteiger partial charge is 0.338 e. The van der Waals surface area contributed by atoms with Crippen LogP contribution in [0.5, 0.6) is 11.5 Å². The summed E-state index contributed by atoms with van der Waals surface area (Å²) >= 11 is 1.16. The summed E-state index contributed by atoms with van der Waals surface area (Å²) in [4.78, 5) is 43.3. The van der Waals surface area contributed by atoms with Crippen LogP contribution in [0.3, 0.4) is 0 Å². The molecule has 0 amide bonds. The van der Waals surface area contributed by atoms with Gasteiger partial charge in [0.2, 0.25) is 0 Å². The summed E-state index contributed by atoms with van der Waals surface area (Å²) in [5.41, 5.74) is 2.07. The minimum atomic E-state index is -0.890. The number of nitro groups is 1. The number of hydrogen-bond donors (Lipinski definition) is 0. The fourth-order valence-corrected chi connectivity index (χ4v) is 5.62. The molecule has 0 aliphatic carbocycles. The van der Waals surface area contributed by atoms with E-state index in [1.807, 2.05) is 30.3 Å². The Bertz CT molecular complexity index is 1840. The molecule has 0 saturated heterocycles. The van der Waals surface area contributed by atoms with Gasteiger partial charge < -0.3 is 14.2 Å². The minimum absolute atomic E-state index is 0.0522. The molecule has 4 aromatic rings. The predicted molar refractivity (Wildman–Crippen MR) is 154 cm³/mol. The van der Waals surface area contributed by atoms with Crippen LogP contribution in [0.4, 0.5) is 5.69 Å². The lowest BCUT2D eigenvalue weighted by atomic mass is 9.93. The predicted octanol–water partition coefficient (Wildman–Crippen LogP) is 3.86. The summed E-state index contributed by atoms with van der Waals surface area (Å²) in [6, 6.07) is 19.5. The first-order valence-electron chi connectivity index (χ1n) is 12.6. The lowest BCUT2D eigenvalue weighted by Gasteiger charge is -2.26. The molecule has 41 heavy (non-hydrogen) atoms. The molecule has 0 saturated carbocycles. The summed E-state index contributed by atoms with van der Waals surface area (Å²) in [6.07, 6.45) is 1.65. The van der Waals surface area contributed by atoms with Gasteiger partial charge in [-0.3, -0.25) is 19.5 Å². The molecule has 3 aromatic carbocycles. The third-order valence-corrected chi connectivity index (χ3v) is 7.48. The fraction of sp³-hybridized carbons (Fsp3) is 0.167. The van der Waals surface area contributed by atoms with Crippen LogP contribution < -0.4 is 24.4 Å². The van der Waals surface area contributed by atoms with Crippen molar-refractivity contribution in [2.45, 2.75) is 13.0 Å². The second-order valence-electron chi connectivity index (χ2n) is 8.89. The van der Waals surface area contributed by atoms with Gasteiger partial charge in [-0.25, -0.2) is 9.79 Å². The molecule has 0 unspecified atom stereocenters. The maximum Gasteiger partial charge on any atom is 0.338 e. The Morgan fingerprint density at radius 2 is 1.76 bits per heavy atom.